The monoisotopic (exact) mass is 245 g/mol. The van der Waals surface area contributed by atoms with Crippen LogP contribution >= 0.6 is 11.3 Å². The van der Waals surface area contributed by atoms with Crippen LogP contribution in [0, 0.1) is 5.41 Å². The van der Waals surface area contributed by atoms with Gasteiger partial charge in [-0.2, -0.15) is 0 Å². The second-order valence-electron chi connectivity index (χ2n) is 4.05. The average Bonchev–Trinajstić information content (AvgIpc) is 2.28. The summed E-state index contributed by atoms with van der Waals surface area (Å²) in [4.78, 5) is 2.06. The van der Waals surface area contributed by atoms with Gasteiger partial charge in [0.1, 0.15) is 4.67 Å². The lowest BCUT2D eigenvalue weighted by Gasteiger charge is -2.12. The van der Waals surface area contributed by atoms with Crippen molar-refractivity contribution in [2.75, 3.05) is 24.7 Å². The highest BCUT2D eigenvalue weighted by Gasteiger charge is 2.01. The molecule has 1 aromatic heterocycles. The van der Waals surface area contributed by atoms with Crippen LogP contribution < -0.4 is 15.3 Å². The van der Waals surface area contributed by atoms with Gasteiger partial charge in [-0.05, 0) is 35.4 Å². The molecule has 1 aromatic carbocycles. The highest BCUT2D eigenvalue weighted by molar-refractivity contribution is 7.13. The van der Waals surface area contributed by atoms with Gasteiger partial charge >= 0.3 is 0 Å². The fraction of sp³-hybridized carbons (Fsp3) is 0.154. The molecule has 0 amide bonds. The first kappa shape index (κ1) is 11.7. The van der Waals surface area contributed by atoms with Crippen LogP contribution in [0.15, 0.2) is 36.4 Å². The summed E-state index contributed by atoms with van der Waals surface area (Å²) in [5, 5.41) is 8.34. The molecule has 0 aliphatic heterocycles. The molecule has 0 atom stereocenters. The van der Waals surface area contributed by atoms with E-state index in [1.807, 2.05) is 38.4 Å². The Balaban J connectivity index is 2.43. The summed E-state index contributed by atoms with van der Waals surface area (Å²) in [6, 6.07) is 12.0. The first-order chi connectivity index (χ1) is 8.06. The van der Waals surface area contributed by atoms with Crippen LogP contribution in [0.4, 0.5) is 10.7 Å². The van der Waals surface area contributed by atoms with E-state index >= 15 is 0 Å². The van der Waals surface area contributed by atoms with Gasteiger partial charge in [-0.3, -0.25) is 5.41 Å². The van der Waals surface area contributed by atoms with Crippen LogP contribution in [-0.4, -0.2) is 14.1 Å². The molecule has 3 nitrogen and oxygen atoms in total. The number of benzene rings is 1. The fourth-order valence-corrected chi connectivity index (χ4v) is 2.27. The Hall–Kier alpha value is -1.81. The number of hydrogen-bond acceptors (Lipinski definition) is 4. The second kappa shape index (κ2) is 4.59. The number of nitrogens with two attached hydrogens (primary N) is 1. The second-order valence-corrected chi connectivity index (χ2v) is 5.17. The van der Waals surface area contributed by atoms with Crippen molar-refractivity contribution >= 4 is 22.0 Å². The molecule has 0 fully saturated rings. The third-order valence-corrected chi connectivity index (χ3v) is 3.22. The van der Waals surface area contributed by atoms with E-state index in [9.17, 15) is 0 Å². The standard InChI is InChI=1S/C13H15N3S/c1-16(2)11-5-3-9(4-6-11)10-7-12(14)17-13(15)8-10/h3-8,14H,15H2,1-2H3. The molecule has 3 N–H and O–H groups in total. The van der Waals surface area contributed by atoms with E-state index in [4.69, 9.17) is 11.1 Å². The Bertz CT molecular complexity index is 570. The predicted octanol–water partition coefficient (Wildman–Crippen LogP) is 2.54. The summed E-state index contributed by atoms with van der Waals surface area (Å²) in [7, 11) is 4.03. The minimum Gasteiger partial charge on any atom is -0.391 e. The first-order valence-electron chi connectivity index (χ1n) is 5.29. The molecular formula is C13H15N3S. The molecule has 0 spiro atoms. The van der Waals surface area contributed by atoms with Gasteiger partial charge in [-0.15, -0.1) is 0 Å². The smallest absolute Gasteiger partial charge is 0.109 e. The molecule has 0 bridgehead atoms. The quantitative estimate of drug-likeness (QED) is 0.854. The molecule has 88 valence electrons. The van der Waals surface area contributed by atoms with Crippen LogP contribution in [0.2, 0.25) is 0 Å². The Kier molecular flexibility index (Phi) is 3.15. The van der Waals surface area contributed by atoms with Crippen molar-refractivity contribution in [1.29, 1.82) is 5.41 Å². The van der Waals surface area contributed by atoms with Crippen LogP contribution in [0.5, 0.6) is 0 Å². The molecule has 0 unspecified atom stereocenters. The van der Waals surface area contributed by atoms with Gasteiger partial charge in [-0.1, -0.05) is 23.5 Å². The number of rotatable bonds is 2. The minimum absolute atomic E-state index is 0.483. The maximum atomic E-state index is 7.67. The Morgan fingerprint density at radius 2 is 1.71 bits per heavy atom. The van der Waals surface area contributed by atoms with Crippen molar-refractivity contribution < 1.29 is 0 Å². The van der Waals surface area contributed by atoms with Crippen LogP contribution in [-0.2, 0) is 0 Å². The minimum atomic E-state index is 0.483. The van der Waals surface area contributed by atoms with Crippen molar-refractivity contribution in [1.82, 2.24) is 0 Å². The van der Waals surface area contributed by atoms with Gasteiger partial charge in [-0.25, -0.2) is 0 Å². The maximum Gasteiger partial charge on any atom is 0.109 e. The van der Waals surface area contributed by atoms with Crippen LogP contribution in [0.3, 0.4) is 0 Å². The number of nitrogen functional groups attached to an aromatic ring is 1. The van der Waals surface area contributed by atoms with Crippen molar-refractivity contribution in [3.8, 4) is 11.1 Å². The normalized spacial score (nSPS) is 10.2. The average molecular weight is 245 g/mol. The number of hydrogen-bond donors (Lipinski definition) is 2. The zero-order valence-electron chi connectivity index (χ0n) is 9.90. The predicted molar refractivity (Wildman–Crippen MR) is 74.3 cm³/mol. The maximum absolute atomic E-state index is 7.67. The number of nitrogens with zero attached hydrogens (tertiary/aromatic N) is 1. The summed E-state index contributed by atoms with van der Waals surface area (Å²) in [6.45, 7) is 0. The van der Waals surface area contributed by atoms with Crippen molar-refractivity contribution in [2.45, 2.75) is 0 Å². The lowest BCUT2D eigenvalue weighted by atomic mass is 10.1. The summed E-state index contributed by atoms with van der Waals surface area (Å²) < 4.78 is 0.483. The Labute approximate surface area is 105 Å². The van der Waals surface area contributed by atoms with Crippen molar-refractivity contribution in [3.63, 3.8) is 0 Å². The first-order valence-corrected chi connectivity index (χ1v) is 6.11. The third-order valence-electron chi connectivity index (χ3n) is 2.53. The summed E-state index contributed by atoms with van der Waals surface area (Å²) in [5.74, 6) is 0. The van der Waals surface area contributed by atoms with E-state index in [-0.39, 0.29) is 0 Å². The largest absolute Gasteiger partial charge is 0.391 e. The molecule has 0 aliphatic rings. The molecule has 0 radical (unpaired) electrons. The molecule has 0 aliphatic carbocycles. The van der Waals surface area contributed by atoms with E-state index in [1.165, 1.54) is 11.3 Å². The number of anilines is 2. The fourth-order valence-electron chi connectivity index (χ4n) is 1.64. The van der Waals surface area contributed by atoms with Gasteiger partial charge in [0.15, 0.2) is 0 Å². The van der Waals surface area contributed by atoms with E-state index in [1.54, 1.807) is 0 Å². The highest BCUT2D eigenvalue weighted by atomic mass is 32.1. The van der Waals surface area contributed by atoms with Gasteiger partial charge < -0.3 is 10.6 Å². The SMILES string of the molecule is CN(C)c1ccc(-c2cc(N)sc(=N)c2)cc1. The van der Waals surface area contributed by atoms with Crippen molar-refractivity contribution in [3.05, 3.63) is 41.1 Å². The zero-order valence-corrected chi connectivity index (χ0v) is 10.7. The van der Waals surface area contributed by atoms with E-state index < -0.39 is 0 Å². The van der Waals surface area contributed by atoms with Gasteiger partial charge in [0.2, 0.25) is 0 Å². The molecule has 0 saturated carbocycles. The molecule has 2 rings (SSSR count). The van der Waals surface area contributed by atoms with E-state index in [0.29, 0.717) is 9.67 Å². The Morgan fingerprint density at radius 3 is 2.24 bits per heavy atom. The van der Waals surface area contributed by atoms with Gasteiger partial charge in [0, 0.05) is 19.8 Å². The van der Waals surface area contributed by atoms with Crippen molar-refractivity contribution in [2.24, 2.45) is 0 Å². The molecule has 1 heterocycles. The molecule has 4 heteroatoms. The Morgan fingerprint density at radius 1 is 1.06 bits per heavy atom. The van der Waals surface area contributed by atoms with Gasteiger partial charge in [0.05, 0.1) is 5.00 Å². The molecular weight excluding hydrogens is 230 g/mol. The summed E-state index contributed by atoms with van der Waals surface area (Å²) >= 11 is 1.29. The third kappa shape index (κ3) is 2.65. The van der Waals surface area contributed by atoms with Crippen LogP contribution in [0.1, 0.15) is 0 Å². The lowest BCUT2D eigenvalue weighted by Crippen LogP contribution is -2.07. The number of nitrogens with one attached hydrogen (secondary N) is 1. The highest BCUT2D eigenvalue weighted by Crippen LogP contribution is 2.23. The van der Waals surface area contributed by atoms with E-state index in [0.717, 1.165) is 16.8 Å². The zero-order chi connectivity index (χ0) is 12.4. The lowest BCUT2D eigenvalue weighted by molar-refractivity contribution is 1.13. The molecule has 2 aromatic rings. The van der Waals surface area contributed by atoms with Gasteiger partial charge in [0.25, 0.3) is 0 Å². The van der Waals surface area contributed by atoms with E-state index in [2.05, 4.69) is 17.0 Å². The van der Waals surface area contributed by atoms with Crippen LogP contribution in [0.25, 0.3) is 11.1 Å². The summed E-state index contributed by atoms with van der Waals surface area (Å²) in [6.07, 6.45) is 0. The summed E-state index contributed by atoms with van der Waals surface area (Å²) in [5.41, 5.74) is 9.01. The molecule has 0 saturated heterocycles. The molecule has 17 heavy (non-hydrogen) atoms. The topological polar surface area (TPSA) is 53.1 Å².